The lowest BCUT2D eigenvalue weighted by Crippen LogP contribution is -2.30. The summed E-state index contributed by atoms with van der Waals surface area (Å²) in [6.45, 7) is 7.41. The Balaban J connectivity index is 1.65. The Morgan fingerprint density at radius 2 is 1.77 bits per heavy atom. The normalized spacial score (nSPS) is 11.9. The maximum absolute atomic E-state index is 12.5. The zero-order chi connectivity index (χ0) is 21.6. The molecule has 0 radical (unpaired) electrons. The van der Waals surface area contributed by atoms with E-state index in [2.05, 4.69) is 38.8 Å². The second kappa shape index (κ2) is 10.2. The molecule has 2 aromatic carbocycles. The van der Waals surface area contributed by atoms with Crippen LogP contribution < -0.4 is 10.0 Å². The summed E-state index contributed by atoms with van der Waals surface area (Å²) in [5.74, 6) is 0.627. The smallest absolute Gasteiger partial charge is 0.240 e. The van der Waals surface area contributed by atoms with Crippen LogP contribution in [0.4, 0.5) is 11.5 Å². The van der Waals surface area contributed by atoms with Crippen molar-refractivity contribution >= 4 is 44.0 Å². The van der Waals surface area contributed by atoms with Crippen LogP contribution in [0.15, 0.2) is 53.7 Å². The molecule has 0 saturated carbocycles. The number of rotatable bonds is 10. The Hall–Kier alpha value is -2.26. The number of nitrogens with one attached hydrogen (secondary N) is 2. The molecule has 0 saturated heterocycles. The van der Waals surface area contributed by atoms with Crippen LogP contribution in [0.25, 0.3) is 10.9 Å². The number of hydrogen-bond acceptors (Lipinski definition) is 6. The molecule has 0 aliphatic rings. The molecule has 0 aliphatic heterocycles. The zero-order valence-corrected chi connectivity index (χ0v) is 18.7. The lowest BCUT2D eigenvalue weighted by atomic mass is 10.2. The highest BCUT2D eigenvalue weighted by Gasteiger charge is 2.14. The Morgan fingerprint density at radius 1 is 1.03 bits per heavy atom. The summed E-state index contributed by atoms with van der Waals surface area (Å²) >= 11 is 6.02. The topological polar surface area (TPSA) is 87.2 Å². The Kier molecular flexibility index (Phi) is 7.60. The molecule has 30 heavy (non-hydrogen) atoms. The van der Waals surface area contributed by atoms with Gasteiger partial charge in [0.1, 0.15) is 12.1 Å². The van der Waals surface area contributed by atoms with E-state index < -0.39 is 10.0 Å². The van der Waals surface area contributed by atoms with E-state index in [1.807, 2.05) is 6.07 Å². The van der Waals surface area contributed by atoms with E-state index in [0.29, 0.717) is 17.4 Å². The fraction of sp³-hybridized carbons (Fsp3) is 0.333. The first kappa shape index (κ1) is 22.4. The summed E-state index contributed by atoms with van der Waals surface area (Å²) in [4.78, 5) is 11.0. The molecule has 3 aromatic rings. The molecular weight excluding hydrogens is 422 g/mol. The van der Waals surface area contributed by atoms with E-state index in [1.165, 1.54) is 6.33 Å². The summed E-state index contributed by atoms with van der Waals surface area (Å²) < 4.78 is 27.7. The first-order chi connectivity index (χ1) is 14.4. The van der Waals surface area contributed by atoms with E-state index in [9.17, 15) is 8.42 Å². The maximum atomic E-state index is 12.5. The summed E-state index contributed by atoms with van der Waals surface area (Å²) in [6.07, 6.45) is 2.23. The summed E-state index contributed by atoms with van der Waals surface area (Å²) in [5, 5.41) is 4.64. The Labute approximate surface area is 182 Å². The van der Waals surface area contributed by atoms with Gasteiger partial charge in [0.25, 0.3) is 0 Å². The van der Waals surface area contributed by atoms with E-state index >= 15 is 0 Å². The van der Waals surface area contributed by atoms with Gasteiger partial charge in [-0.05, 0) is 68.5 Å². The van der Waals surface area contributed by atoms with Gasteiger partial charge in [0.15, 0.2) is 0 Å². The van der Waals surface area contributed by atoms with Crippen molar-refractivity contribution < 1.29 is 8.42 Å². The van der Waals surface area contributed by atoms with Crippen LogP contribution in [0.5, 0.6) is 0 Å². The molecule has 0 bridgehead atoms. The minimum absolute atomic E-state index is 0.232. The van der Waals surface area contributed by atoms with Crippen LogP contribution in [0.1, 0.15) is 20.3 Å². The molecule has 0 aliphatic carbocycles. The van der Waals surface area contributed by atoms with Gasteiger partial charge < -0.3 is 10.2 Å². The van der Waals surface area contributed by atoms with Crippen molar-refractivity contribution in [3.8, 4) is 0 Å². The summed E-state index contributed by atoms with van der Waals surface area (Å²) in [7, 11) is -3.54. The van der Waals surface area contributed by atoms with Crippen molar-refractivity contribution in [3.05, 3.63) is 53.8 Å². The number of halogens is 1. The monoisotopic (exact) mass is 447 g/mol. The van der Waals surface area contributed by atoms with Gasteiger partial charge in [0.05, 0.1) is 10.4 Å². The number of nitrogens with zero attached hydrogens (tertiary/aromatic N) is 3. The third-order valence-electron chi connectivity index (χ3n) is 4.86. The summed E-state index contributed by atoms with van der Waals surface area (Å²) in [5.41, 5.74) is 1.46. The fourth-order valence-corrected chi connectivity index (χ4v) is 4.36. The van der Waals surface area contributed by atoms with Crippen molar-refractivity contribution in [1.29, 1.82) is 0 Å². The second-order valence-electron chi connectivity index (χ2n) is 6.81. The van der Waals surface area contributed by atoms with Crippen LogP contribution >= 0.6 is 11.6 Å². The van der Waals surface area contributed by atoms with Gasteiger partial charge in [-0.3, -0.25) is 0 Å². The molecule has 7 nitrogen and oxygen atoms in total. The molecule has 160 valence electrons. The summed E-state index contributed by atoms with van der Waals surface area (Å²) in [6, 6.07) is 12.0. The van der Waals surface area contributed by atoms with Crippen molar-refractivity contribution in [2.24, 2.45) is 0 Å². The minimum Gasteiger partial charge on any atom is -0.340 e. The molecule has 3 rings (SSSR count). The van der Waals surface area contributed by atoms with Crippen LogP contribution in [-0.4, -0.2) is 49.5 Å². The maximum Gasteiger partial charge on any atom is 0.240 e. The van der Waals surface area contributed by atoms with Crippen molar-refractivity contribution in [1.82, 2.24) is 19.6 Å². The third kappa shape index (κ3) is 5.66. The van der Waals surface area contributed by atoms with Gasteiger partial charge in [-0.2, -0.15) is 0 Å². The van der Waals surface area contributed by atoms with E-state index in [0.717, 1.165) is 42.6 Å². The second-order valence-corrected chi connectivity index (χ2v) is 9.01. The fourth-order valence-electron chi connectivity index (χ4n) is 3.12. The molecule has 0 amide bonds. The van der Waals surface area contributed by atoms with Gasteiger partial charge in [-0.25, -0.2) is 23.1 Å². The third-order valence-corrected chi connectivity index (χ3v) is 6.58. The highest BCUT2D eigenvalue weighted by Crippen LogP contribution is 2.25. The van der Waals surface area contributed by atoms with Crippen molar-refractivity contribution in [3.63, 3.8) is 0 Å². The molecule has 0 atom stereocenters. The molecule has 0 spiro atoms. The van der Waals surface area contributed by atoms with E-state index in [-0.39, 0.29) is 4.90 Å². The van der Waals surface area contributed by atoms with Gasteiger partial charge in [-0.15, -0.1) is 0 Å². The van der Waals surface area contributed by atoms with Gasteiger partial charge in [0.2, 0.25) is 10.0 Å². The average molecular weight is 448 g/mol. The highest BCUT2D eigenvalue weighted by atomic mass is 35.5. The molecule has 0 unspecified atom stereocenters. The molecule has 1 aromatic heterocycles. The van der Waals surface area contributed by atoms with Crippen LogP contribution in [0.2, 0.25) is 5.02 Å². The van der Waals surface area contributed by atoms with E-state index in [4.69, 9.17) is 11.6 Å². The molecule has 0 fully saturated rings. The first-order valence-corrected chi connectivity index (χ1v) is 11.8. The highest BCUT2D eigenvalue weighted by molar-refractivity contribution is 7.89. The molecule has 9 heteroatoms. The first-order valence-electron chi connectivity index (χ1n) is 9.92. The van der Waals surface area contributed by atoms with Crippen molar-refractivity contribution in [2.75, 3.05) is 31.5 Å². The van der Waals surface area contributed by atoms with Crippen LogP contribution in [0, 0.1) is 0 Å². The number of aromatic nitrogens is 2. The van der Waals surface area contributed by atoms with Gasteiger partial charge in [-0.1, -0.05) is 25.4 Å². The molecular formula is C21H26ClN5O2S. The SMILES string of the molecule is CCN(CC)CCCNS(=O)(=O)c1ccc(Nc2ncnc3cc(Cl)ccc23)cc1. The minimum atomic E-state index is -3.54. The predicted molar refractivity (Wildman–Crippen MR) is 122 cm³/mol. The van der Waals surface area contributed by atoms with Gasteiger partial charge >= 0.3 is 0 Å². The van der Waals surface area contributed by atoms with Crippen LogP contribution in [-0.2, 0) is 10.0 Å². The number of fused-ring (bicyclic) bond motifs is 1. The Bertz CT molecular complexity index is 1090. The van der Waals surface area contributed by atoms with Gasteiger partial charge in [0, 0.05) is 22.6 Å². The predicted octanol–water partition coefficient (Wildman–Crippen LogP) is 4.04. The molecule has 1 heterocycles. The zero-order valence-electron chi connectivity index (χ0n) is 17.1. The number of anilines is 2. The quantitative estimate of drug-likeness (QED) is 0.456. The van der Waals surface area contributed by atoms with Crippen LogP contribution in [0.3, 0.4) is 0 Å². The number of hydrogen-bond donors (Lipinski definition) is 2. The lowest BCUT2D eigenvalue weighted by Gasteiger charge is -2.17. The van der Waals surface area contributed by atoms with Crippen molar-refractivity contribution in [2.45, 2.75) is 25.2 Å². The largest absolute Gasteiger partial charge is 0.340 e. The van der Waals surface area contributed by atoms with E-state index in [1.54, 1.807) is 36.4 Å². The lowest BCUT2D eigenvalue weighted by molar-refractivity contribution is 0.300. The molecule has 2 N–H and O–H groups in total. The number of benzene rings is 2. The Morgan fingerprint density at radius 3 is 2.47 bits per heavy atom. The number of sulfonamides is 1. The standard InChI is InChI=1S/C21H26ClN5O2S/c1-3-27(4-2)13-5-12-25-30(28,29)18-9-7-17(8-10-18)26-21-19-11-6-16(22)14-20(19)23-15-24-21/h6-11,14-15,25H,3-5,12-13H2,1-2H3,(H,23,24,26). The average Bonchev–Trinajstić information content (AvgIpc) is 2.74.